The molecule has 2 N–H and O–H groups in total. The maximum atomic E-state index is 13.0. The second kappa shape index (κ2) is 7.16. The van der Waals surface area contributed by atoms with Crippen LogP contribution in [0.1, 0.15) is 35.7 Å². The van der Waals surface area contributed by atoms with Crippen LogP contribution in [0, 0.1) is 5.41 Å². The molecule has 5 nitrogen and oxygen atoms in total. The number of carbonyl (C=O) groups excluding carboxylic acids is 1. The monoisotopic (exact) mass is 388 g/mol. The Morgan fingerprint density at radius 3 is 2.72 bits per heavy atom. The van der Waals surface area contributed by atoms with Crippen LogP contribution < -0.4 is 10.9 Å². The number of hydrogen-bond acceptors (Lipinski definition) is 3. The highest BCUT2D eigenvalue weighted by molar-refractivity contribution is 5.84. The predicted molar refractivity (Wildman–Crippen MR) is 112 cm³/mol. The van der Waals surface area contributed by atoms with E-state index in [9.17, 15) is 9.59 Å². The van der Waals surface area contributed by atoms with Gasteiger partial charge in [-0.2, -0.15) is 0 Å². The van der Waals surface area contributed by atoms with Crippen LogP contribution in [-0.4, -0.2) is 24.1 Å². The number of pyridine rings is 1. The lowest BCUT2D eigenvalue weighted by Gasteiger charge is -2.39. The Kier molecular flexibility index (Phi) is 4.47. The van der Waals surface area contributed by atoms with Gasteiger partial charge < -0.3 is 15.0 Å². The Labute approximate surface area is 169 Å². The van der Waals surface area contributed by atoms with Crippen molar-refractivity contribution in [1.29, 1.82) is 0 Å². The number of aromatic nitrogens is 1. The van der Waals surface area contributed by atoms with Gasteiger partial charge in [0.05, 0.1) is 12.5 Å². The molecule has 1 aliphatic carbocycles. The van der Waals surface area contributed by atoms with Crippen LogP contribution in [0.4, 0.5) is 0 Å². The highest BCUT2D eigenvalue weighted by Gasteiger charge is 2.47. The van der Waals surface area contributed by atoms with Crippen molar-refractivity contribution >= 4 is 16.7 Å². The Bertz CT molecular complexity index is 1130. The number of fused-ring (bicyclic) bond motifs is 2. The van der Waals surface area contributed by atoms with E-state index in [4.69, 9.17) is 4.74 Å². The molecule has 1 amide bonds. The lowest BCUT2D eigenvalue weighted by Crippen LogP contribution is -2.42. The molecule has 0 radical (unpaired) electrons. The van der Waals surface area contributed by atoms with E-state index in [0.717, 1.165) is 37.9 Å². The van der Waals surface area contributed by atoms with Crippen molar-refractivity contribution in [2.75, 3.05) is 13.2 Å². The summed E-state index contributed by atoms with van der Waals surface area (Å²) in [6.45, 7) is 1.47. The normalized spacial score (nSPS) is 19.9. The van der Waals surface area contributed by atoms with Crippen molar-refractivity contribution in [3.05, 3.63) is 81.8 Å². The average molecular weight is 388 g/mol. The van der Waals surface area contributed by atoms with Gasteiger partial charge >= 0.3 is 0 Å². The second-order valence-corrected chi connectivity index (χ2v) is 8.24. The summed E-state index contributed by atoms with van der Waals surface area (Å²) in [7, 11) is 0. The van der Waals surface area contributed by atoms with Gasteiger partial charge in [-0.3, -0.25) is 9.59 Å². The lowest BCUT2D eigenvalue weighted by molar-refractivity contribution is -0.123. The zero-order valence-corrected chi connectivity index (χ0v) is 16.2. The quantitative estimate of drug-likeness (QED) is 0.723. The zero-order valence-electron chi connectivity index (χ0n) is 16.2. The van der Waals surface area contributed by atoms with E-state index in [1.54, 1.807) is 6.07 Å². The average Bonchev–Trinajstić information content (AvgIpc) is 3.01. The fourth-order valence-electron chi connectivity index (χ4n) is 5.01. The van der Waals surface area contributed by atoms with Crippen molar-refractivity contribution < 1.29 is 9.53 Å². The molecule has 0 unspecified atom stereocenters. The van der Waals surface area contributed by atoms with Gasteiger partial charge in [-0.25, -0.2) is 0 Å². The third kappa shape index (κ3) is 3.25. The molecule has 1 aliphatic heterocycles. The van der Waals surface area contributed by atoms with Gasteiger partial charge in [0.15, 0.2) is 0 Å². The minimum atomic E-state index is -0.155. The van der Waals surface area contributed by atoms with Gasteiger partial charge in [0.2, 0.25) is 5.91 Å². The van der Waals surface area contributed by atoms with E-state index < -0.39 is 0 Å². The Balaban J connectivity index is 1.41. The molecule has 148 valence electrons. The molecule has 3 aromatic rings. The fourth-order valence-corrected chi connectivity index (χ4v) is 5.01. The van der Waals surface area contributed by atoms with Crippen LogP contribution in [0.3, 0.4) is 0 Å². The van der Waals surface area contributed by atoms with Gasteiger partial charge in [-0.1, -0.05) is 42.5 Å². The Morgan fingerprint density at radius 1 is 1.10 bits per heavy atom. The van der Waals surface area contributed by atoms with E-state index in [1.165, 1.54) is 11.1 Å². The van der Waals surface area contributed by atoms with E-state index in [-0.39, 0.29) is 29.3 Å². The maximum Gasteiger partial charge on any atom is 0.256 e. The van der Waals surface area contributed by atoms with Gasteiger partial charge in [0.25, 0.3) is 5.56 Å². The number of H-pyrrole nitrogens is 1. The highest BCUT2D eigenvalue weighted by Crippen LogP contribution is 2.51. The first-order chi connectivity index (χ1) is 14.1. The molecule has 1 atom stereocenters. The summed E-state index contributed by atoms with van der Waals surface area (Å²) >= 11 is 0. The summed E-state index contributed by atoms with van der Waals surface area (Å²) in [5.74, 6) is -0.0662. The molecular formula is C24H24N2O3. The summed E-state index contributed by atoms with van der Waals surface area (Å²) in [6, 6.07) is 17.7. The second-order valence-electron chi connectivity index (χ2n) is 8.24. The molecule has 1 aromatic heterocycles. The fraction of sp³-hybridized carbons (Fsp3) is 0.333. The van der Waals surface area contributed by atoms with Gasteiger partial charge in [-0.15, -0.1) is 0 Å². The van der Waals surface area contributed by atoms with Gasteiger partial charge in [-0.05, 0) is 47.9 Å². The third-order valence-corrected chi connectivity index (χ3v) is 6.48. The molecule has 2 heterocycles. The number of carbonyl (C=O) groups is 1. The molecule has 2 aliphatic rings. The number of hydrogen-bond donors (Lipinski definition) is 2. The summed E-state index contributed by atoms with van der Waals surface area (Å²) < 4.78 is 5.61. The minimum Gasteiger partial charge on any atom is -0.381 e. The zero-order chi connectivity index (χ0) is 19.8. The smallest absolute Gasteiger partial charge is 0.256 e. The van der Waals surface area contributed by atoms with Crippen LogP contribution in [0.15, 0.2) is 59.4 Å². The Hall–Kier alpha value is -2.92. The largest absolute Gasteiger partial charge is 0.381 e. The van der Waals surface area contributed by atoms with Crippen LogP contribution in [0.5, 0.6) is 0 Å². The topological polar surface area (TPSA) is 71.2 Å². The number of rotatable bonds is 3. The maximum absolute atomic E-state index is 13.0. The van der Waals surface area contributed by atoms with Crippen LogP contribution in [0.2, 0.25) is 0 Å². The van der Waals surface area contributed by atoms with Crippen molar-refractivity contribution in [2.24, 2.45) is 5.41 Å². The van der Waals surface area contributed by atoms with Crippen molar-refractivity contribution in [1.82, 2.24) is 10.3 Å². The van der Waals surface area contributed by atoms with Crippen molar-refractivity contribution in [3.63, 3.8) is 0 Å². The third-order valence-electron chi connectivity index (χ3n) is 6.48. The first-order valence-electron chi connectivity index (χ1n) is 10.2. The van der Waals surface area contributed by atoms with E-state index >= 15 is 0 Å². The molecule has 29 heavy (non-hydrogen) atoms. The summed E-state index contributed by atoms with van der Waals surface area (Å²) in [6.07, 6.45) is 3.02. The highest BCUT2D eigenvalue weighted by atomic mass is 16.5. The minimum absolute atomic E-state index is 0.0118. The lowest BCUT2D eigenvalue weighted by atomic mass is 9.74. The molecule has 1 saturated heterocycles. The summed E-state index contributed by atoms with van der Waals surface area (Å²) in [4.78, 5) is 28.2. The first kappa shape index (κ1) is 18.1. The number of benzene rings is 2. The first-order valence-corrected chi connectivity index (χ1v) is 10.2. The van der Waals surface area contributed by atoms with Crippen molar-refractivity contribution in [3.8, 4) is 0 Å². The molecule has 1 spiro atoms. The molecule has 5 rings (SSSR count). The molecule has 0 saturated carbocycles. The van der Waals surface area contributed by atoms with Gasteiger partial charge in [0.1, 0.15) is 0 Å². The number of nitrogens with one attached hydrogen (secondary N) is 2. The van der Waals surface area contributed by atoms with Crippen LogP contribution in [0.25, 0.3) is 10.8 Å². The molecule has 5 heteroatoms. The van der Waals surface area contributed by atoms with Crippen LogP contribution >= 0.6 is 0 Å². The number of ether oxygens (including phenoxy) is 1. The van der Waals surface area contributed by atoms with Crippen molar-refractivity contribution in [2.45, 2.75) is 31.7 Å². The van der Waals surface area contributed by atoms with Gasteiger partial charge in [0, 0.05) is 29.7 Å². The molecule has 0 bridgehead atoms. The molecule has 1 fully saturated rings. The SMILES string of the molecule is O=C(Cc1cc2ccccc2c(=O)[nH]1)N[C@H]1c2ccccc2CC12CCOCC2. The molecule has 2 aromatic carbocycles. The number of aromatic amines is 1. The predicted octanol–water partition coefficient (Wildman–Crippen LogP) is 3.28. The van der Waals surface area contributed by atoms with E-state index in [0.29, 0.717) is 11.1 Å². The molecular weight excluding hydrogens is 364 g/mol. The number of amides is 1. The standard InChI is InChI=1S/C24H24N2O3/c27-21(14-18-13-16-5-1-4-8-20(16)23(28)25-18)26-22-19-7-3-2-6-17(19)15-24(22)9-11-29-12-10-24/h1-8,13,22H,9-12,14-15H2,(H,25,28)(H,26,27)/t22-/m0/s1. The Morgan fingerprint density at radius 2 is 1.86 bits per heavy atom. The van der Waals surface area contributed by atoms with E-state index in [1.807, 2.05) is 30.3 Å². The van der Waals surface area contributed by atoms with Crippen LogP contribution in [-0.2, 0) is 22.4 Å². The summed E-state index contributed by atoms with van der Waals surface area (Å²) in [5.41, 5.74) is 3.04. The summed E-state index contributed by atoms with van der Waals surface area (Å²) in [5, 5.41) is 4.79. The van der Waals surface area contributed by atoms with E-state index in [2.05, 4.69) is 28.5 Å².